The van der Waals surface area contributed by atoms with E-state index in [0.717, 1.165) is 0 Å². The molecule has 50 valence electrons. The van der Waals surface area contributed by atoms with Gasteiger partial charge < -0.3 is 0 Å². The highest BCUT2D eigenvalue weighted by molar-refractivity contribution is 5.71. The molecule has 10 heavy (non-hydrogen) atoms. The third-order valence-electron chi connectivity index (χ3n) is 1.00. The Hall–Kier alpha value is -1.51. The molecule has 1 aromatic rings. The molecule has 0 saturated carbocycles. The molecule has 0 bridgehead atoms. The summed E-state index contributed by atoms with van der Waals surface area (Å²) < 4.78 is 0. The Labute approximate surface area is 58.4 Å². The molecule has 0 unspecified atom stereocenters. The minimum atomic E-state index is 0.331. The summed E-state index contributed by atoms with van der Waals surface area (Å²) in [5.41, 5.74) is 0.946. The topological polar surface area (TPSA) is 42.9 Å². The van der Waals surface area contributed by atoms with E-state index in [1.165, 1.54) is 6.20 Å². The first-order valence-electron chi connectivity index (χ1n) is 2.76. The number of nitrogens with zero attached hydrogens (tertiary/aromatic N) is 2. The van der Waals surface area contributed by atoms with E-state index in [1.807, 2.05) is 0 Å². The van der Waals surface area contributed by atoms with Crippen LogP contribution in [0.3, 0.4) is 0 Å². The van der Waals surface area contributed by atoms with Crippen molar-refractivity contribution >= 4 is 12.4 Å². The van der Waals surface area contributed by atoms with Gasteiger partial charge in [-0.15, -0.1) is 0 Å². The SMILES string of the molecule is C=Cc1cncc(C=O)n1. The summed E-state index contributed by atoms with van der Waals surface area (Å²) >= 11 is 0. The Balaban J connectivity index is 3.09. The van der Waals surface area contributed by atoms with Gasteiger partial charge in [-0.3, -0.25) is 9.78 Å². The van der Waals surface area contributed by atoms with Crippen LogP contribution in [-0.2, 0) is 0 Å². The molecular formula is C7H6N2O. The second-order valence-corrected chi connectivity index (χ2v) is 1.69. The van der Waals surface area contributed by atoms with Gasteiger partial charge in [-0.25, -0.2) is 4.98 Å². The lowest BCUT2D eigenvalue weighted by Gasteiger charge is -1.90. The highest BCUT2D eigenvalue weighted by atomic mass is 16.1. The van der Waals surface area contributed by atoms with Gasteiger partial charge in [-0.1, -0.05) is 6.58 Å². The van der Waals surface area contributed by atoms with Crippen LogP contribution in [0.1, 0.15) is 16.2 Å². The summed E-state index contributed by atoms with van der Waals surface area (Å²) in [5.74, 6) is 0. The van der Waals surface area contributed by atoms with Gasteiger partial charge in [0, 0.05) is 0 Å². The second kappa shape index (κ2) is 2.87. The molecule has 0 aliphatic carbocycles. The Morgan fingerprint density at radius 1 is 1.40 bits per heavy atom. The van der Waals surface area contributed by atoms with Crippen LogP contribution >= 0.6 is 0 Å². The van der Waals surface area contributed by atoms with Crippen molar-refractivity contribution in [1.29, 1.82) is 0 Å². The van der Waals surface area contributed by atoms with Crippen LogP contribution < -0.4 is 0 Å². The predicted molar refractivity (Wildman–Crippen MR) is 37.5 cm³/mol. The molecule has 1 aromatic heterocycles. The predicted octanol–water partition coefficient (Wildman–Crippen LogP) is 0.932. The molecule has 0 atom stereocenters. The number of carbonyl (C=O) groups is 1. The van der Waals surface area contributed by atoms with E-state index in [-0.39, 0.29) is 0 Å². The van der Waals surface area contributed by atoms with Gasteiger partial charge in [-0.2, -0.15) is 0 Å². The summed E-state index contributed by atoms with van der Waals surface area (Å²) in [7, 11) is 0. The Morgan fingerprint density at radius 2 is 2.10 bits per heavy atom. The first-order valence-corrected chi connectivity index (χ1v) is 2.76. The largest absolute Gasteiger partial charge is 0.296 e. The average Bonchev–Trinajstić information content (AvgIpc) is 2.05. The van der Waals surface area contributed by atoms with Crippen molar-refractivity contribution in [2.24, 2.45) is 0 Å². The maximum absolute atomic E-state index is 10.1. The molecule has 1 rings (SSSR count). The molecule has 1 heterocycles. The fraction of sp³-hybridized carbons (Fsp3) is 0. The normalized spacial score (nSPS) is 8.80. The van der Waals surface area contributed by atoms with Crippen molar-refractivity contribution in [2.45, 2.75) is 0 Å². The molecule has 0 radical (unpaired) electrons. The zero-order valence-corrected chi connectivity index (χ0v) is 5.32. The molecule has 0 spiro atoms. The molecule has 0 amide bonds. The number of hydrogen-bond acceptors (Lipinski definition) is 3. The van der Waals surface area contributed by atoms with E-state index in [1.54, 1.807) is 12.3 Å². The van der Waals surface area contributed by atoms with Crippen LogP contribution in [0.5, 0.6) is 0 Å². The van der Waals surface area contributed by atoms with Gasteiger partial charge in [0.15, 0.2) is 6.29 Å². The molecule has 0 aliphatic heterocycles. The van der Waals surface area contributed by atoms with Gasteiger partial charge >= 0.3 is 0 Å². The van der Waals surface area contributed by atoms with Crippen molar-refractivity contribution in [3.8, 4) is 0 Å². The maximum atomic E-state index is 10.1. The maximum Gasteiger partial charge on any atom is 0.170 e. The van der Waals surface area contributed by atoms with Crippen LogP contribution in [0.25, 0.3) is 6.08 Å². The zero-order chi connectivity index (χ0) is 7.40. The van der Waals surface area contributed by atoms with E-state index in [0.29, 0.717) is 17.7 Å². The standard InChI is InChI=1S/C7H6N2O/c1-2-6-3-8-4-7(5-10)9-6/h2-5H,1H2. The highest BCUT2D eigenvalue weighted by Crippen LogP contribution is 1.93. The van der Waals surface area contributed by atoms with Crippen LogP contribution in [-0.4, -0.2) is 16.3 Å². The quantitative estimate of drug-likeness (QED) is 0.565. The Bertz CT molecular complexity index is 234. The van der Waals surface area contributed by atoms with Crippen molar-refractivity contribution in [3.63, 3.8) is 0 Å². The van der Waals surface area contributed by atoms with Crippen LogP contribution in [0.15, 0.2) is 19.0 Å². The fourth-order valence-electron chi connectivity index (χ4n) is 0.552. The van der Waals surface area contributed by atoms with Crippen LogP contribution in [0.4, 0.5) is 0 Å². The molecule has 0 saturated heterocycles. The molecule has 0 aliphatic rings. The molecule has 0 fully saturated rings. The molecule has 0 N–H and O–H groups in total. The zero-order valence-electron chi connectivity index (χ0n) is 5.32. The molecule has 0 aromatic carbocycles. The number of aldehydes is 1. The molecule has 3 heteroatoms. The number of rotatable bonds is 2. The first-order chi connectivity index (χ1) is 4.86. The fourth-order valence-corrected chi connectivity index (χ4v) is 0.552. The summed E-state index contributed by atoms with van der Waals surface area (Å²) in [6.07, 6.45) is 5.14. The van der Waals surface area contributed by atoms with Gasteiger partial charge in [-0.05, 0) is 6.08 Å². The van der Waals surface area contributed by atoms with Crippen LogP contribution in [0, 0.1) is 0 Å². The van der Waals surface area contributed by atoms with Crippen molar-refractivity contribution < 1.29 is 4.79 Å². The lowest BCUT2D eigenvalue weighted by Crippen LogP contribution is -1.90. The lowest BCUT2D eigenvalue weighted by atomic mass is 10.4. The van der Waals surface area contributed by atoms with E-state index in [9.17, 15) is 4.79 Å². The Kier molecular flexibility index (Phi) is 1.89. The number of carbonyl (C=O) groups excluding carboxylic acids is 1. The average molecular weight is 134 g/mol. The summed E-state index contributed by atoms with van der Waals surface area (Å²) in [6, 6.07) is 0. The van der Waals surface area contributed by atoms with E-state index >= 15 is 0 Å². The molecular weight excluding hydrogens is 128 g/mol. The monoisotopic (exact) mass is 134 g/mol. The van der Waals surface area contributed by atoms with Crippen molar-refractivity contribution in [1.82, 2.24) is 9.97 Å². The van der Waals surface area contributed by atoms with E-state index in [4.69, 9.17) is 0 Å². The smallest absolute Gasteiger partial charge is 0.170 e. The van der Waals surface area contributed by atoms with Crippen molar-refractivity contribution in [2.75, 3.05) is 0 Å². The lowest BCUT2D eigenvalue weighted by molar-refractivity contribution is 0.111. The molecule has 3 nitrogen and oxygen atoms in total. The van der Waals surface area contributed by atoms with Gasteiger partial charge in [0.2, 0.25) is 0 Å². The van der Waals surface area contributed by atoms with Gasteiger partial charge in [0.25, 0.3) is 0 Å². The van der Waals surface area contributed by atoms with Crippen LogP contribution in [0.2, 0.25) is 0 Å². The van der Waals surface area contributed by atoms with E-state index in [2.05, 4.69) is 16.5 Å². The van der Waals surface area contributed by atoms with Gasteiger partial charge in [0.05, 0.1) is 18.1 Å². The second-order valence-electron chi connectivity index (χ2n) is 1.69. The van der Waals surface area contributed by atoms with Crippen molar-refractivity contribution in [3.05, 3.63) is 30.4 Å². The summed E-state index contributed by atoms with van der Waals surface area (Å²) in [5, 5.41) is 0. The number of hydrogen-bond donors (Lipinski definition) is 0. The summed E-state index contributed by atoms with van der Waals surface area (Å²) in [4.78, 5) is 17.8. The highest BCUT2D eigenvalue weighted by Gasteiger charge is 1.90. The number of aromatic nitrogens is 2. The third kappa shape index (κ3) is 1.25. The first kappa shape index (κ1) is 6.61. The minimum Gasteiger partial charge on any atom is -0.296 e. The Morgan fingerprint density at radius 3 is 2.70 bits per heavy atom. The van der Waals surface area contributed by atoms with E-state index < -0.39 is 0 Å². The van der Waals surface area contributed by atoms with Gasteiger partial charge in [0.1, 0.15) is 5.69 Å². The summed E-state index contributed by atoms with van der Waals surface area (Å²) in [6.45, 7) is 3.49. The third-order valence-corrected chi connectivity index (χ3v) is 1.00. The minimum absolute atomic E-state index is 0.331.